The summed E-state index contributed by atoms with van der Waals surface area (Å²) >= 11 is 0. The molecule has 0 aromatic heterocycles. The van der Waals surface area contributed by atoms with E-state index in [0.29, 0.717) is 40.5 Å². The van der Waals surface area contributed by atoms with Crippen LogP contribution in [0.25, 0.3) is 10.8 Å². The molecule has 7 nitrogen and oxygen atoms in total. The molecule has 4 aromatic rings. The molecule has 0 radical (unpaired) electrons. The topological polar surface area (TPSA) is 86.2 Å². The van der Waals surface area contributed by atoms with E-state index in [-0.39, 0.29) is 5.91 Å². The number of hydrogen-bond acceptors (Lipinski definition) is 6. The summed E-state index contributed by atoms with van der Waals surface area (Å²) in [6.07, 6.45) is 1.48. The number of nitrogens with zero attached hydrogens (tertiary/aromatic N) is 1. The lowest BCUT2D eigenvalue weighted by Gasteiger charge is -2.11. The van der Waals surface area contributed by atoms with Gasteiger partial charge in [-0.2, -0.15) is 5.10 Å². The monoisotopic (exact) mass is 468 g/mol. The van der Waals surface area contributed by atoms with Crippen molar-refractivity contribution < 1.29 is 23.8 Å². The minimum Gasteiger partial charge on any atom is -0.497 e. The quantitative estimate of drug-likeness (QED) is 0.166. The Bertz CT molecular complexity index is 1360. The molecule has 0 bridgehead atoms. The fourth-order valence-electron chi connectivity index (χ4n) is 3.47. The number of hydrazone groups is 1. The van der Waals surface area contributed by atoms with Crippen molar-refractivity contribution in [2.24, 2.45) is 5.10 Å². The van der Waals surface area contributed by atoms with Crippen LogP contribution in [0.15, 0.2) is 90.0 Å². The second kappa shape index (κ2) is 11.0. The Kier molecular flexibility index (Phi) is 7.37. The van der Waals surface area contributed by atoms with Crippen molar-refractivity contribution in [2.75, 3.05) is 13.7 Å². The highest BCUT2D eigenvalue weighted by Gasteiger charge is 2.14. The van der Waals surface area contributed by atoms with Gasteiger partial charge in [-0.25, -0.2) is 10.2 Å². The molecule has 4 aromatic carbocycles. The molecule has 0 aliphatic heterocycles. The van der Waals surface area contributed by atoms with Crippen molar-refractivity contribution in [3.63, 3.8) is 0 Å². The number of carbonyl (C=O) groups is 2. The van der Waals surface area contributed by atoms with E-state index in [0.717, 1.165) is 10.8 Å². The molecule has 0 spiro atoms. The third-order valence-electron chi connectivity index (χ3n) is 5.25. The molecule has 0 aliphatic carbocycles. The van der Waals surface area contributed by atoms with E-state index in [9.17, 15) is 9.59 Å². The molecule has 35 heavy (non-hydrogen) atoms. The normalized spacial score (nSPS) is 10.8. The van der Waals surface area contributed by atoms with Crippen molar-refractivity contribution in [3.8, 4) is 17.2 Å². The molecule has 0 atom stereocenters. The van der Waals surface area contributed by atoms with Crippen LogP contribution in [0.5, 0.6) is 17.2 Å². The number of carbonyl (C=O) groups excluding carboxylic acids is 2. The van der Waals surface area contributed by atoms with Crippen molar-refractivity contribution in [1.82, 2.24) is 5.43 Å². The molecule has 7 heteroatoms. The average Bonchev–Trinajstić information content (AvgIpc) is 2.90. The molecular formula is C28H24N2O5. The number of rotatable bonds is 8. The summed E-state index contributed by atoms with van der Waals surface area (Å²) in [5.41, 5.74) is 3.91. The maximum Gasteiger partial charge on any atom is 0.343 e. The maximum atomic E-state index is 12.8. The van der Waals surface area contributed by atoms with Crippen LogP contribution in [-0.4, -0.2) is 31.8 Å². The first-order chi connectivity index (χ1) is 17.1. The average molecular weight is 469 g/mol. The zero-order chi connectivity index (χ0) is 24.6. The molecule has 1 N–H and O–H groups in total. The Labute approximate surface area is 202 Å². The number of esters is 1. The largest absolute Gasteiger partial charge is 0.497 e. The van der Waals surface area contributed by atoms with Crippen molar-refractivity contribution >= 4 is 28.9 Å². The van der Waals surface area contributed by atoms with Gasteiger partial charge in [-0.05, 0) is 72.3 Å². The van der Waals surface area contributed by atoms with Gasteiger partial charge >= 0.3 is 5.97 Å². The maximum absolute atomic E-state index is 12.8. The van der Waals surface area contributed by atoms with E-state index in [1.807, 2.05) is 37.3 Å². The molecular weight excluding hydrogens is 444 g/mol. The van der Waals surface area contributed by atoms with E-state index >= 15 is 0 Å². The first-order valence-electron chi connectivity index (χ1n) is 11.0. The minimum absolute atomic E-state index is 0.323. The van der Waals surface area contributed by atoms with Gasteiger partial charge in [0.1, 0.15) is 17.2 Å². The zero-order valence-corrected chi connectivity index (χ0v) is 19.4. The SMILES string of the molecule is CCOc1ccc(C(=O)NN=Cc2c(OC(=O)c3ccc(OC)cc3)ccc3ccccc23)cc1. The van der Waals surface area contributed by atoms with Crippen LogP contribution in [0.2, 0.25) is 0 Å². The Morgan fingerprint density at radius 3 is 2.26 bits per heavy atom. The Morgan fingerprint density at radius 2 is 1.54 bits per heavy atom. The molecule has 1 amide bonds. The molecule has 0 saturated carbocycles. The summed E-state index contributed by atoms with van der Waals surface area (Å²) in [6, 6.07) is 24.6. The summed E-state index contributed by atoms with van der Waals surface area (Å²) in [5.74, 6) is 0.760. The van der Waals surface area contributed by atoms with Gasteiger partial charge in [-0.15, -0.1) is 0 Å². The third-order valence-corrected chi connectivity index (χ3v) is 5.25. The molecule has 0 unspecified atom stereocenters. The van der Waals surface area contributed by atoms with Crippen LogP contribution < -0.4 is 19.6 Å². The van der Waals surface area contributed by atoms with Gasteiger partial charge in [0, 0.05) is 11.1 Å². The number of nitrogens with one attached hydrogen (secondary N) is 1. The van der Waals surface area contributed by atoms with Gasteiger partial charge in [-0.1, -0.05) is 30.3 Å². The lowest BCUT2D eigenvalue weighted by atomic mass is 10.0. The van der Waals surface area contributed by atoms with Crippen molar-refractivity contribution in [1.29, 1.82) is 0 Å². The number of methoxy groups -OCH3 is 1. The van der Waals surface area contributed by atoms with Gasteiger partial charge < -0.3 is 14.2 Å². The van der Waals surface area contributed by atoms with Gasteiger partial charge in [-0.3, -0.25) is 4.79 Å². The summed E-state index contributed by atoms with van der Waals surface area (Å²) in [4.78, 5) is 25.3. The number of fused-ring (bicyclic) bond motifs is 1. The van der Waals surface area contributed by atoms with E-state index in [1.165, 1.54) is 6.21 Å². The Balaban J connectivity index is 1.56. The van der Waals surface area contributed by atoms with Crippen LogP contribution in [0.4, 0.5) is 0 Å². The zero-order valence-electron chi connectivity index (χ0n) is 19.4. The predicted octanol–water partition coefficient (Wildman–Crippen LogP) is 5.23. The number of benzene rings is 4. The van der Waals surface area contributed by atoms with E-state index < -0.39 is 5.97 Å². The lowest BCUT2D eigenvalue weighted by molar-refractivity contribution is 0.0734. The van der Waals surface area contributed by atoms with Gasteiger partial charge in [0.05, 0.1) is 25.5 Å². The van der Waals surface area contributed by atoms with Crippen LogP contribution in [0.1, 0.15) is 33.2 Å². The molecule has 0 heterocycles. The van der Waals surface area contributed by atoms with Gasteiger partial charge in [0.15, 0.2) is 0 Å². The first-order valence-corrected chi connectivity index (χ1v) is 11.0. The van der Waals surface area contributed by atoms with Gasteiger partial charge in [0.25, 0.3) is 5.91 Å². The van der Waals surface area contributed by atoms with Crippen LogP contribution >= 0.6 is 0 Å². The second-order valence-corrected chi connectivity index (χ2v) is 7.47. The third kappa shape index (κ3) is 5.65. The summed E-state index contributed by atoms with van der Waals surface area (Å²) in [5, 5.41) is 5.89. The Morgan fingerprint density at radius 1 is 0.857 bits per heavy atom. The number of ether oxygens (including phenoxy) is 3. The lowest BCUT2D eigenvalue weighted by Crippen LogP contribution is -2.17. The summed E-state index contributed by atoms with van der Waals surface area (Å²) in [7, 11) is 1.56. The smallest absolute Gasteiger partial charge is 0.343 e. The highest BCUT2D eigenvalue weighted by atomic mass is 16.5. The predicted molar refractivity (Wildman–Crippen MR) is 135 cm³/mol. The van der Waals surface area contributed by atoms with Crippen LogP contribution in [0, 0.1) is 0 Å². The van der Waals surface area contributed by atoms with Crippen molar-refractivity contribution in [3.05, 3.63) is 102 Å². The molecule has 0 saturated heterocycles. The molecule has 0 aliphatic rings. The van der Waals surface area contributed by atoms with E-state index in [2.05, 4.69) is 10.5 Å². The number of hydrogen-bond donors (Lipinski definition) is 1. The molecule has 0 fully saturated rings. The van der Waals surface area contributed by atoms with Crippen LogP contribution in [-0.2, 0) is 0 Å². The fraction of sp³-hybridized carbons (Fsp3) is 0.107. The van der Waals surface area contributed by atoms with Crippen molar-refractivity contribution in [2.45, 2.75) is 6.92 Å². The standard InChI is InChI=1S/C28H24N2O5/c1-3-34-23-15-8-20(9-16-23)27(31)30-29-18-25-24-7-5-4-6-19(24)12-17-26(25)35-28(32)21-10-13-22(33-2)14-11-21/h4-18H,3H2,1-2H3,(H,30,31). The summed E-state index contributed by atoms with van der Waals surface area (Å²) in [6.45, 7) is 2.44. The van der Waals surface area contributed by atoms with Gasteiger partial charge in [0.2, 0.25) is 0 Å². The Hall–Kier alpha value is -4.65. The van der Waals surface area contributed by atoms with E-state index in [1.54, 1.807) is 61.7 Å². The van der Waals surface area contributed by atoms with E-state index in [4.69, 9.17) is 14.2 Å². The first kappa shape index (κ1) is 23.5. The molecule has 176 valence electrons. The number of amides is 1. The molecule has 4 rings (SSSR count). The summed E-state index contributed by atoms with van der Waals surface area (Å²) < 4.78 is 16.2. The second-order valence-electron chi connectivity index (χ2n) is 7.47. The minimum atomic E-state index is -0.518. The highest BCUT2D eigenvalue weighted by molar-refractivity contribution is 6.04. The highest BCUT2D eigenvalue weighted by Crippen LogP contribution is 2.27. The fourth-order valence-corrected chi connectivity index (χ4v) is 3.47. The van der Waals surface area contributed by atoms with Crippen LogP contribution in [0.3, 0.4) is 0 Å².